The highest BCUT2D eigenvalue weighted by molar-refractivity contribution is 6.30. The van der Waals surface area contributed by atoms with Crippen molar-refractivity contribution in [2.75, 3.05) is 5.32 Å². The average molecular weight is 404 g/mol. The van der Waals surface area contributed by atoms with E-state index in [0.29, 0.717) is 10.7 Å². The summed E-state index contributed by atoms with van der Waals surface area (Å²) in [4.78, 5) is 25.7. The van der Waals surface area contributed by atoms with Crippen LogP contribution < -0.4 is 5.32 Å². The van der Waals surface area contributed by atoms with E-state index in [1.165, 1.54) is 0 Å². The van der Waals surface area contributed by atoms with Crippen molar-refractivity contribution in [2.45, 2.75) is 11.8 Å². The second-order valence-electron chi connectivity index (χ2n) is 7.60. The molecule has 0 saturated heterocycles. The Morgan fingerprint density at radius 1 is 0.724 bits per heavy atom. The number of amides is 1. The Morgan fingerprint density at radius 3 is 1.62 bits per heavy atom. The van der Waals surface area contributed by atoms with Gasteiger partial charge in [-0.3, -0.25) is 9.59 Å². The van der Waals surface area contributed by atoms with Crippen LogP contribution >= 0.6 is 11.6 Å². The van der Waals surface area contributed by atoms with Crippen LogP contribution in [0.25, 0.3) is 0 Å². The Hall–Kier alpha value is -3.11. The fraction of sp³-hybridized carbons (Fsp3) is 0.167. The van der Waals surface area contributed by atoms with E-state index in [1.54, 1.807) is 24.3 Å². The molecule has 29 heavy (non-hydrogen) atoms. The van der Waals surface area contributed by atoms with Gasteiger partial charge in [-0.15, -0.1) is 0 Å². The number of rotatable bonds is 3. The number of carbonyl (C=O) groups is 2. The number of carboxylic acids is 1. The molecule has 144 valence electrons. The molecule has 2 atom stereocenters. The maximum absolute atomic E-state index is 13.4. The summed E-state index contributed by atoms with van der Waals surface area (Å²) in [5, 5.41) is 13.6. The molecule has 0 unspecified atom stereocenters. The molecule has 0 radical (unpaired) electrons. The van der Waals surface area contributed by atoms with E-state index in [0.717, 1.165) is 22.3 Å². The van der Waals surface area contributed by atoms with E-state index >= 15 is 0 Å². The fourth-order valence-corrected chi connectivity index (χ4v) is 5.17. The van der Waals surface area contributed by atoms with Gasteiger partial charge in [0.2, 0.25) is 5.91 Å². The first-order chi connectivity index (χ1) is 14.1. The molecule has 3 aromatic carbocycles. The molecule has 0 heterocycles. The maximum Gasteiger partial charge on any atom is 0.308 e. The first kappa shape index (κ1) is 18.0. The molecule has 0 aromatic heterocycles. The normalized spacial score (nSPS) is 23.8. The summed E-state index contributed by atoms with van der Waals surface area (Å²) in [6.45, 7) is 0. The lowest BCUT2D eigenvalue weighted by atomic mass is 9.54. The number of nitrogens with one attached hydrogen (secondary N) is 1. The molecule has 0 saturated carbocycles. The molecule has 0 fully saturated rings. The summed E-state index contributed by atoms with van der Waals surface area (Å²) >= 11 is 5.94. The molecule has 0 spiro atoms. The first-order valence-electron chi connectivity index (χ1n) is 9.53. The number of hydrogen-bond acceptors (Lipinski definition) is 2. The zero-order valence-electron chi connectivity index (χ0n) is 15.4. The van der Waals surface area contributed by atoms with Gasteiger partial charge >= 0.3 is 5.97 Å². The van der Waals surface area contributed by atoms with Crippen molar-refractivity contribution in [3.63, 3.8) is 0 Å². The number of hydrogen-bond donors (Lipinski definition) is 2. The second-order valence-corrected chi connectivity index (χ2v) is 8.04. The summed E-state index contributed by atoms with van der Waals surface area (Å²) < 4.78 is 0. The van der Waals surface area contributed by atoms with Gasteiger partial charge in [-0.1, -0.05) is 60.1 Å². The van der Waals surface area contributed by atoms with E-state index in [2.05, 4.69) is 5.32 Å². The summed E-state index contributed by atoms with van der Waals surface area (Å²) in [5.41, 5.74) is 4.72. The van der Waals surface area contributed by atoms with Crippen molar-refractivity contribution >= 4 is 29.2 Å². The summed E-state index contributed by atoms with van der Waals surface area (Å²) in [5.74, 6) is -3.37. The number of carbonyl (C=O) groups excluding carboxylic acids is 1. The highest BCUT2D eigenvalue weighted by Crippen LogP contribution is 2.58. The molecule has 4 nitrogen and oxygen atoms in total. The minimum Gasteiger partial charge on any atom is -0.481 e. The van der Waals surface area contributed by atoms with Crippen molar-refractivity contribution in [3.8, 4) is 0 Å². The SMILES string of the molecule is O=C(O)[C@@H]1C2c3ccccc3C(c3ccccc32)[C@H]1C(=O)Nc1ccc(Cl)cc1. The number of benzene rings is 3. The number of carboxylic acid groups (broad SMARTS) is 1. The third-order valence-corrected chi connectivity index (χ3v) is 6.39. The minimum atomic E-state index is -0.944. The Bertz CT molecular complexity index is 1080. The Morgan fingerprint density at radius 2 is 1.17 bits per heavy atom. The van der Waals surface area contributed by atoms with Crippen molar-refractivity contribution in [2.24, 2.45) is 11.8 Å². The van der Waals surface area contributed by atoms with Crippen LogP contribution in [0.2, 0.25) is 5.02 Å². The van der Waals surface area contributed by atoms with Crippen LogP contribution in [0.4, 0.5) is 5.69 Å². The predicted molar refractivity (Wildman–Crippen MR) is 111 cm³/mol. The zero-order valence-corrected chi connectivity index (χ0v) is 16.1. The highest BCUT2D eigenvalue weighted by Gasteiger charge is 2.55. The Kier molecular flexibility index (Phi) is 4.18. The molecular formula is C24H18ClNO3. The number of anilines is 1. The van der Waals surface area contributed by atoms with Crippen molar-refractivity contribution in [3.05, 3.63) is 100 Å². The van der Waals surface area contributed by atoms with Crippen LogP contribution in [-0.2, 0) is 9.59 Å². The van der Waals surface area contributed by atoms with Crippen molar-refractivity contribution < 1.29 is 14.7 Å². The van der Waals surface area contributed by atoms with E-state index in [9.17, 15) is 14.7 Å². The standard InChI is InChI=1S/C24H18ClNO3/c25-13-9-11-14(12-10-13)26-23(27)21-19-15-5-1-3-7-17(15)20(22(21)24(28)29)18-8-4-2-6-16(18)19/h1-12,19-22H,(H,26,27)(H,28,29)/t19?,20?,21-,22-/m1/s1. The first-order valence-corrected chi connectivity index (χ1v) is 9.91. The highest BCUT2D eigenvalue weighted by atomic mass is 35.5. The molecule has 0 aliphatic heterocycles. The van der Waals surface area contributed by atoms with Crippen LogP contribution in [0.1, 0.15) is 34.1 Å². The molecule has 6 rings (SSSR count). The fourth-order valence-electron chi connectivity index (χ4n) is 5.05. The molecule has 3 aliphatic carbocycles. The van der Waals surface area contributed by atoms with Gasteiger partial charge in [-0.25, -0.2) is 0 Å². The third-order valence-electron chi connectivity index (χ3n) is 6.14. The molecule has 2 bridgehead atoms. The lowest BCUT2D eigenvalue weighted by Gasteiger charge is -2.48. The predicted octanol–water partition coefficient (Wildman–Crippen LogP) is 4.89. The minimum absolute atomic E-state index is 0.279. The van der Waals surface area contributed by atoms with Gasteiger partial charge < -0.3 is 10.4 Å². The molecular weight excluding hydrogens is 386 g/mol. The quantitative estimate of drug-likeness (QED) is 0.654. The Balaban J connectivity index is 1.64. The largest absolute Gasteiger partial charge is 0.481 e. The molecule has 3 aromatic rings. The van der Waals surface area contributed by atoms with Gasteiger partial charge in [0.15, 0.2) is 0 Å². The monoisotopic (exact) mass is 403 g/mol. The Labute approximate surface area is 173 Å². The van der Waals surface area contributed by atoms with Crippen molar-refractivity contribution in [1.29, 1.82) is 0 Å². The zero-order chi connectivity index (χ0) is 20.1. The van der Waals surface area contributed by atoms with Gasteiger partial charge in [-0.05, 0) is 46.5 Å². The van der Waals surface area contributed by atoms with Crippen LogP contribution in [-0.4, -0.2) is 17.0 Å². The molecule has 3 aliphatic rings. The summed E-state index contributed by atoms with van der Waals surface area (Å²) in [6.07, 6.45) is 0. The van der Waals surface area contributed by atoms with Crippen LogP contribution in [0.15, 0.2) is 72.8 Å². The molecule has 2 N–H and O–H groups in total. The van der Waals surface area contributed by atoms with Gasteiger partial charge in [0.25, 0.3) is 0 Å². The number of fused-ring (bicyclic) bond motifs is 1. The third kappa shape index (κ3) is 2.75. The van der Waals surface area contributed by atoms with Gasteiger partial charge in [0.05, 0.1) is 11.8 Å². The van der Waals surface area contributed by atoms with Crippen LogP contribution in [0.5, 0.6) is 0 Å². The van der Waals surface area contributed by atoms with E-state index in [4.69, 9.17) is 11.6 Å². The van der Waals surface area contributed by atoms with E-state index < -0.39 is 17.8 Å². The maximum atomic E-state index is 13.4. The van der Waals surface area contributed by atoms with Gasteiger partial charge in [0.1, 0.15) is 0 Å². The van der Waals surface area contributed by atoms with Gasteiger partial charge in [0, 0.05) is 22.5 Å². The van der Waals surface area contributed by atoms with E-state index in [1.807, 2.05) is 48.5 Å². The number of aliphatic carboxylic acids is 1. The smallest absolute Gasteiger partial charge is 0.308 e. The molecule has 5 heteroatoms. The summed E-state index contributed by atoms with van der Waals surface area (Å²) in [6, 6.07) is 22.6. The second kappa shape index (κ2) is 6.75. The lowest BCUT2D eigenvalue weighted by Crippen LogP contribution is -2.48. The van der Waals surface area contributed by atoms with E-state index in [-0.39, 0.29) is 17.7 Å². The van der Waals surface area contributed by atoms with Crippen LogP contribution in [0.3, 0.4) is 0 Å². The molecule has 1 amide bonds. The summed E-state index contributed by atoms with van der Waals surface area (Å²) in [7, 11) is 0. The average Bonchev–Trinajstić information content (AvgIpc) is 2.74. The lowest BCUT2D eigenvalue weighted by molar-refractivity contribution is -0.148. The van der Waals surface area contributed by atoms with Crippen LogP contribution in [0, 0.1) is 11.8 Å². The van der Waals surface area contributed by atoms with Crippen molar-refractivity contribution in [1.82, 2.24) is 0 Å². The topological polar surface area (TPSA) is 66.4 Å². The van der Waals surface area contributed by atoms with Gasteiger partial charge in [-0.2, -0.15) is 0 Å². The number of halogens is 1.